The van der Waals surface area contributed by atoms with Crippen LogP contribution in [0.5, 0.6) is 0 Å². The minimum atomic E-state index is -1.34. The van der Waals surface area contributed by atoms with Crippen LogP contribution in [0, 0.1) is 6.92 Å². The summed E-state index contributed by atoms with van der Waals surface area (Å²) >= 11 is 5.91. The van der Waals surface area contributed by atoms with Gasteiger partial charge in [-0.2, -0.15) is 0 Å². The quantitative estimate of drug-likeness (QED) is 0.641. The largest absolute Gasteiger partial charge is 0.464 e. The summed E-state index contributed by atoms with van der Waals surface area (Å²) in [6, 6.07) is 3.68. The third-order valence-electron chi connectivity index (χ3n) is 2.26. The van der Waals surface area contributed by atoms with Crippen molar-refractivity contribution in [2.45, 2.75) is 19.9 Å². The molecule has 6 heteroatoms. The lowest BCUT2D eigenvalue weighted by Gasteiger charge is -2.11. The van der Waals surface area contributed by atoms with E-state index in [9.17, 15) is 9.59 Å². The molecule has 0 aliphatic heterocycles. The number of esters is 1. The molecule has 1 aromatic rings. The maximum Gasteiger partial charge on any atom is 0.332 e. The first-order valence-corrected chi connectivity index (χ1v) is 5.82. The monoisotopic (exact) mass is 270 g/mol. The van der Waals surface area contributed by atoms with Crippen molar-refractivity contribution in [1.82, 2.24) is 0 Å². The number of anilines is 1. The minimum absolute atomic E-state index is 0.177. The second kappa shape index (κ2) is 6.37. The summed E-state index contributed by atoms with van der Waals surface area (Å²) in [6.07, 6.45) is 0. The number of carbonyl (C=O) groups excluding carboxylic acids is 2. The minimum Gasteiger partial charge on any atom is -0.464 e. The highest BCUT2D eigenvalue weighted by atomic mass is 35.5. The Morgan fingerprint density at radius 2 is 2.17 bits per heavy atom. The van der Waals surface area contributed by atoms with Gasteiger partial charge in [-0.05, 0) is 31.5 Å². The maximum atomic E-state index is 11.6. The lowest BCUT2D eigenvalue weighted by molar-refractivity contribution is -0.146. The average Bonchev–Trinajstić information content (AvgIpc) is 2.33. The van der Waals surface area contributed by atoms with Gasteiger partial charge in [-0.25, -0.2) is 4.79 Å². The van der Waals surface area contributed by atoms with Gasteiger partial charge in [0.05, 0.1) is 6.61 Å². The Balaban J connectivity index is 2.69. The molecule has 1 atom stereocenters. The van der Waals surface area contributed by atoms with Crippen LogP contribution in [0.4, 0.5) is 5.69 Å². The van der Waals surface area contributed by atoms with Crippen LogP contribution in [0.15, 0.2) is 18.2 Å². The zero-order chi connectivity index (χ0) is 13.7. The molecule has 0 radical (unpaired) electrons. The maximum absolute atomic E-state index is 11.6. The molecule has 0 spiro atoms. The van der Waals surface area contributed by atoms with E-state index in [1.54, 1.807) is 25.1 Å². The number of nitrogens with two attached hydrogens (primary N) is 1. The molecule has 0 aromatic heterocycles. The van der Waals surface area contributed by atoms with Gasteiger partial charge in [0.1, 0.15) is 0 Å². The first-order chi connectivity index (χ1) is 8.45. The number of hydrogen-bond acceptors (Lipinski definition) is 4. The number of amides is 1. The Morgan fingerprint density at radius 3 is 2.72 bits per heavy atom. The first-order valence-electron chi connectivity index (χ1n) is 5.45. The summed E-state index contributed by atoms with van der Waals surface area (Å²) in [5.74, 6) is -1.39. The van der Waals surface area contributed by atoms with Crippen molar-refractivity contribution in [2.24, 2.45) is 5.73 Å². The van der Waals surface area contributed by atoms with Gasteiger partial charge >= 0.3 is 5.97 Å². The molecule has 0 saturated carbocycles. The Bertz CT molecular complexity index is 463. The Morgan fingerprint density at radius 1 is 1.50 bits per heavy atom. The van der Waals surface area contributed by atoms with E-state index in [1.165, 1.54) is 0 Å². The van der Waals surface area contributed by atoms with Crippen molar-refractivity contribution in [3.8, 4) is 0 Å². The fraction of sp³-hybridized carbons (Fsp3) is 0.333. The van der Waals surface area contributed by atoms with E-state index in [0.29, 0.717) is 10.7 Å². The first kappa shape index (κ1) is 14.5. The summed E-state index contributed by atoms with van der Waals surface area (Å²) in [6.45, 7) is 3.66. The summed E-state index contributed by atoms with van der Waals surface area (Å²) in [5, 5.41) is 3.03. The van der Waals surface area contributed by atoms with Gasteiger partial charge < -0.3 is 15.8 Å². The lowest BCUT2D eigenvalue weighted by atomic mass is 10.2. The van der Waals surface area contributed by atoms with Crippen molar-refractivity contribution in [3.05, 3.63) is 28.8 Å². The molecule has 0 aliphatic carbocycles. The summed E-state index contributed by atoms with van der Waals surface area (Å²) in [7, 11) is 0. The molecule has 1 unspecified atom stereocenters. The molecule has 3 N–H and O–H groups in total. The van der Waals surface area contributed by atoms with Crippen LogP contribution in [0.25, 0.3) is 0 Å². The molecule has 1 rings (SSSR count). The van der Waals surface area contributed by atoms with Crippen LogP contribution in [0.3, 0.4) is 0 Å². The second-order valence-corrected chi connectivity index (χ2v) is 4.09. The van der Waals surface area contributed by atoms with Crippen LogP contribution in [-0.4, -0.2) is 24.5 Å². The van der Waals surface area contributed by atoms with E-state index in [2.05, 4.69) is 10.1 Å². The molecule has 1 aromatic carbocycles. The highest BCUT2D eigenvalue weighted by Gasteiger charge is 2.23. The van der Waals surface area contributed by atoms with Crippen LogP contribution < -0.4 is 11.1 Å². The predicted octanol–water partition coefficient (Wildman–Crippen LogP) is 1.48. The molecule has 0 heterocycles. The molecule has 0 bridgehead atoms. The molecular weight excluding hydrogens is 256 g/mol. The normalized spacial score (nSPS) is 11.8. The van der Waals surface area contributed by atoms with Gasteiger partial charge in [0.2, 0.25) is 0 Å². The number of rotatable bonds is 4. The number of benzene rings is 1. The number of ether oxygens (including phenoxy) is 1. The molecule has 98 valence electrons. The zero-order valence-electron chi connectivity index (χ0n) is 10.2. The topological polar surface area (TPSA) is 81.4 Å². The zero-order valence-corrected chi connectivity index (χ0v) is 11.0. The van der Waals surface area contributed by atoms with Crippen molar-refractivity contribution in [3.63, 3.8) is 0 Å². The van der Waals surface area contributed by atoms with Crippen LogP contribution in [-0.2, 0) is 14.3 Å². The van der Waals surface area contributed by atoms with E-state index in [4.69, 9.17) is 17.3 Å². The molecule has 18 heavy (non-hydrogen) atoms. The fourth-order valence-corrected chi connectivity index (χ4v) is 1.41. The van der Waals surface area contributed by atoms with E-state index < -0.39 is 17.9 Å². The standard InChI is InChI=1S/C12H15ClN2O3/c1-3-18-12(17)10(14)11(16)15-8-5-4-7(2)9(13)6-8/h4-6,10H,3,14H2,1-2H3,(H,15,16). The molecular formula is C12H15ClN2O3. The SMILES string of the molecule is CCOC(=O)C(N)C(=O)Nc1ccc(C)c(Cl)c1. The number of hydrogen-bond donors (Lipinski definition) is 2. The van der Waals surface area contributed by atoms with Crippen molar-refractivity contribution in [2.75, 3.05) is 11.9 Å². The third-order valence-corrected chi connectivity index (χ3v) is 2.67. The summed E-state index contributed by atoms with van der Waals surface area (Å²) < 4.78 is 4.65. The number of aryl methyl sites for hydroxylation is 1. The average molecular weight is 271 g/mol. The van der Waals surface area contributed by atoms with Gasteiger partial charge in [-0.1, -0.05) is 17.7 Å². The van der Waals surface area contributed by atoms with Crippen molar-refractivity contribution >= 4 is 29.2 Å². The van der Waals surface area contributed by atoms with Crippen LogP contribution >= 0.6 is 11.6 Å². The van der Waals surface area contributed by atoms with Gasteiger partial charge in [0, 0.05) is 10.7 Å². The summed E-state index contributed by atoms with van der Waals surface area (Å²) in [4.78, 5) is 22.9. The Labute approximate surface area is 110 Å². The van der Waals surface area contributed by atoms with Gasteiger partial charge in [-0.3, -0.25) is 4.79 Å². The summed E-state index contributed by atoms with van der Waals surface area (Å²) in [5.41, 5.74) is 6.82. The molecule has 5 nitrogen and oxygen atoms in total. The van der Waals surface area contributed by atoms with Crippen molar-refractivity contribution < 1.29 is 14.3 Å². The second-order valence-electron chi connectivity index (χ2n) is 3.68. The predicted molar refractivity (Wildman–Crippen MR) is 69.4 cm³/mol. The van der Waals surface area contributed by atoms with Gasteiger partial charge in [0.15, 0.2) is 6.04 Å². The van der Waals surface area contributed by atoms with E-state index in [-0.39, 0.29) is 6.61 Å². The smallest absolute Gasteiger partial charge is 0.332 e. The van der Waals surface area contributed by atoms with Crippen molar-refractivity contribution in [1.29, 1.82) is 0 Å². The Kier molecular flexibility index (Phi) is 5.12. The van der Waals surface area contributed by atoms with Gasteiger partial charge in [0.25, 0.3) is 5.91 Å². The van der Waals surface area contributed by atoms with Crippen LogP contribution in [0.2, 0.25) is 5.02 Å². The van der Waals surface area contributed by atoms with Crippen LogP contribution in [0.1, 0.15) is 12.5 Å². The molecule has 0 fully saturated rings. The highest BCUT2D eigenvalue weighted by Crippen LogP contribution is 2.19. The van der Waals surface area contributed by atoms with E-state index in [0.717, 1.165) is 5.56 Å². The number of carbonyl (C=O) groups is 2. The van der Waals surface area contributed by atoms with E-state index in [1.807, 2.05) is 6.92 Å². The van der Waals surface area contributed by atoms with Gasteiger partial charge in [-0.15, -0.1) is 0 Å². The third kappa shape index (κ3) is 3.72. The number of nitrogens with one attached hydrogen (secondary N) is 1. The lowest BCUT2D eigenvalue weighted by Crippen LogP contribution is -2.43. The highest BCUT2D eigenvalue weighted by molar-refractivity contribution is 6.31. The fourth-order valence-electron chi connectivity index (χ4n) is 1.23. The Hall–Kier alpha value is -1.59. The number of halogens is 1. The molecule has 0 saturated heterocycles. The molecule has 0 aliphatic rings. The molecule has 1 amide bonds. The van der Waals surface area contributed by atoms with E-state index >= 15 is 0 Å².